The molecule has 26 heavy (non-hydrogen) atoms. The van der Waals surface area contributed by atoms with E-state index in [0.29, 0.717) is 25.2 Å². The fourth-order valence-electron chi connectivity index (χ4n) is 4.85. The van der Waals surface area contributed by atoms with Crippen LogP contribution in [0, 0.1) is 12.3 Å². The summed E-state index contributed by atoms with van der Waals surface area (Å²) in [4.78, 5) is 28.7. The molecule has 0 radical (unpaired) electrons. The van der Waals surface area contributed by atoms with Crippen LogP contribution in [0.25, 0.3) is 0 Å². The van der Waals surface area contributed by atoms with Gasteiger partial charge in [-0.25, -0.2) is 4.79 Å². The van der Waals surface area contributed by atoms with Crippen LogP contribution >= 0.6 is 0 Å². The van der Waals surface area contributed by atoms with Crippen LogP contribution in [0.15, 0.2) is 18.2 Å². The molecule has 2 aliphatic heterocycles. The Hall–Kier alpha value is -2.08. The van der Waals surface area contributed by atoms with Crippen LogP contribution in [0.4, 0.5) is 10.5 Å². The zero-order chi connectivity index (χ0) is 18.3. The van der Waals surface area contributed by atoms with Gasteiger partial charge in [0.1, 0.15) is 0 Å². The molecule has 1 aromatic rings. The number of carbonyl (C=O) groups is 2. The van der Waals surface area contributed by atoms with Gasteiger partial charge in [-0.15, -0.1) is 0 Å². The minimum atomic E-state index is -0.292. The number of aryl methyl sites for hydroxylation is 1. The number of piperidine rings is 1. The van der Waals surface area contributed by atoms with Crippen LogP contribution in [0.1, 0.15) is 48.0 Å². The van der Waals surface area contributed by atoms with Crippen molar-refractivity contribution in [1.29, 1.82) is 0 Å². The third kappa shape index (κ3) is 2.86. The first-order chi connectivity index (χ1) is 12.5. The Morgan fingerprint density at radius 3 is 2.77 bits per heavy atom. The molecule has 6 heteroatoms. The van der Waals surface area contributed by atoms with E-state index in [-0.39, 0.29) is 23.5 Å². The number of nitrogens with zero attached hydrogens (tertiary/aromatic N) is 2. The molecule has 2 N–H and O–H groups in total. The molecule has 0 bridgehead atoms. The molecule has 2 atom stereocenters. The first-order valence-electron chi connectivity index (χ1n) is 9.64. The van der Waals surface area contributed by atoms with E-state index in [1.54, 1.807) is 4.90 Å². The number of urea groups is 1. The summed E-state index contributed by atoms with van der Waals surface area (Å²) in [6, 6.07) is 5.50. The zero-order valence-electron chi connectivity index (χ0n) is 15.3. The second-order valence-electron chi connectivity index (χ2n) is 7.99. The lowest BCUT2D eigenvalue weighted by atomic mass is 9.76. The number of nitrogens with one attached hydrogen (secondary N) is 1. The van der Waals surface area contributed by atoms with E-state index < -0.39 is 0 Å². The summed E-state index contributed by atoms with van der Waals surface area (Å²) >= 11 is 0. The Bertz CT molecular complexity index is 735. The molecular formula is C20H27N3O3. The summed E-state index contributed by atoms with van der Waals surface area (Å²) in [5.74, 6) is 0.00373. The number of benzene rings is 1. The molecule has 0 unspecified atom stereocenters. The van der Waals surface area contributed by atoms with Gasteiger partial charge in [-0.05, 0) is 50.3 Å². The van der Waals surface area contributed by atoms with Gasteiger partial charge in [0, 0.05) is 42.8 Å². The van der Waals surface area contributed by atoms with Crippen LogP contribution in [-0.4, -0.2) is 54.2 Å². The highest BCUT2D eigenvalue weighted by Gasteiger charge is 2.45. The maximum atomic E-state index is 13.1. The predicted octanol–water partition coefficient (Wildman–Crippen LogP) is 2.29. The van der Waals surface area contributed by atoms with Crippen LogP contribution in [0.3, 0.4) is 0 Å². The molecule has 6 nitrogen and oxygen atoms in total. The average Bonchev–Trinajstić information content (AvgIpc) is 3.21. The molecule has 1 aromatic carbocycles. The lowest BCUT2D eigenvalue weighted by Crippen LogP contribution is -2.49. The standard InChI is InChI=1S/C20H27N3O3/c1-14-5-6-15(12-16(14)23-11-9-21-19(23)26)18(25)22-10-3-8-20(13-22)7-2-4-17(20)24/h5-6,12,17,24H,2-4,7-11,13H2,1H3,(H,21,26)/t17-,20+/m1/s1. The molecule has 140 valence electrons. The van der Waals surface area contributed by atoms with E-state index in [0.717, 1.165) is 49.9 Å². The molecule has 3 aliphatic rings. The quantitative estimate of drug-likeness (QED) is 0.853. The fourth-order valence-corrected chi connectivity index (χ4v) is 4.85. The number of anilines is 1. The number of rotatable bonds is 2. The highest BCUT2D eigenvalue weighted by molar-refractivity contribution is 5.99. The molecule has 3 fully saturated rings. The molecule has 1 spiro atoms. The number of amides is 3. The molecule has 1 saturated carbocycles. The van der Waals surface area contributed by atoms with Gasteiger partial charge in [-0.3, -0.25) is 9.69 Å². The molecule has 3 amide bonds. The number of hydrogen-bond donors (Lipinski definition) is 2. The number of aliphatic hydroxyl groups is 1. The molecule has 1 aliphatic carbocycles. The SMILES string of the molecule is Cc1ccc(C(=O)N2CCC[C@@]3(CCC[C@H]3O)C2)cc1N1CCNC1=O. The van der Waals surface area contributed by atoms with Crippen molar-refractivity contribution >= 4 is 17.6 Å². The van der Waals surface area contributed by atoms with E-state index in [1.165, 1.54) is 0 Å². The number of carbonyl (C=O) groups excluding carboxylic acids is 2. The highest BCUT2D eigenvalue weighted by atomic mass is 16.3. The van der Waals surface area contributed by atoms with Crippen molar-refractivity contribution in [3.63, 3.8) is 0 Å². The normalized spacial score (nSPS) is 28.7. The van der Waals surface area contributed by atoms with E-state index >= 15 is 0 Å². The fraction of sp³-hybridized carbons (Fsp3) is 0.600. The summed E-state index contributed by atoms with van der Waals surface area (Å²) in [5, 5.41) is 13.2. The van der Waals surface area contributed by atoms with Gasteiger partial charge in [0.05, 0.1) is 6.10 Å². The van der Waals surface area contributed by atoms with E-state index in [4.69, 9.17) is 0 Å². The van der Waals surface area contributed by atoms with Crippen LogP contribution in [0.2, 0.25) is 0 Å². The van der Waals surface area contributed by atoms with Crippen molar-refractivity contribution in [3.05, 3.63) is 29.3 Å². The molecule has 2 saturated heterocycles. The Kier molecular flexibility index (Phi) is 4.39. The Morgan fingerprint density at radius 1 is 1.27 bits per heavy atom. The van der Waals surface area contributed by atoms with Gasteiger partial charge in [0.15, 0.2) is 0 Å². The Morgan fingerprint density at radius 2 is 2.08 bits per heavy atom. The molecule has 0 aromatic heterocycles. The lowest BCUT2D eigenvalue weighted by molar-refractivity contribution is -0.00536. The van der Waals surface area contributed by atoms with E-state index in [2.05, 4.69) is 5.32 Å². The number of hydrogen-bond acceptors (Lipinski definition) is 3. The van der Waals surface area contributed by atoms with Gasteiger partial charge in [0.25, 0.3) is 5.91 Å². The summed E-state index contributed by atoms with van der Waals surface area (Å²) in [7, 11) is 0. The Labute approximate surface area is 154 Å². The topological polar surface area (TPSA) is 72.9 Å². The van der Waals surface area contributed by atoms with E-state index in [9.17, 15) is 14.7 Å². The van der Waals surface area contributed by atoms with Gasteiger partial charge < -0.3 is 15.3 Å². The second kappa shape index (κ2) is 6.58. The predicted molar refractivity (Wildman–Crippen MR) is 99.4 cm³/mol. The Balaban J connectivity index is 1.57. The molecule has 2 heterocycles. The maximum absolute atomic E-state index is 13.1. The van der Waals surface area contributed by atoms with Crippen molar-refractivity contribution in [3.8, 4) is 0 Å². The largest absolute Gasteiger partial charge is 0.392 e. The number of aliphatic hydroxyl groups excluding tert-OH is 1. The monoisotopic (exact) mass is 357 g/mol. The van der Waals surface area contributed by atoms with Crippen molar-refractivity contribution in [1.82, 2.24) is 10.2 Å². The first kappa shape index (κ1) is 17.3. The minimum absolute atomic E-state index is 0.00373. The van der Waals surface area contributed by atoms with Crippen LogP contribution in [-0.2, 0) is 0 Å². The molecule has 4 rings (SSSR count). The lowest BCUT2D eigenvalue weighted by Gasteiger charge is -2.42. The first-order valence-corrected chi connectivity index (χ1v) is 9.64. The third-order valence-corrected chi connectivity index (χ3v) is 6.36. The van der Waals surface area contributed by atoms with Gasteiger partial charge in [-0.1, -0.05) is 12.5 Å². The van der Waals surface area contributed by atoms with Crippen LogP contribution < -0.4 is 10.2 Å². The third-order valence-electron chi connectivity index (χ3n) is 6.36. The highest BCUT2D eigenvalue weighted by Crippen LogP contribution is 2.45. The van der Waals surface area contributed by atoms with Crippen molar-refractivity contribution in [2.45, 2.75) is 45.1 Å². The van der Waals surface area contributed by atoms with Crippen molar-refractivity contribution in [2.24, 2.45) is 5.41 Å². The summed E-state index contributed by atoms with van der Waals surface area (Å²) in [6.07, 6.45) is 4.55. The van der Waals surface area contributed by atoms with Gasteiger partial charge in [0.2, 0.25) is 0 Å². The second-order valence-corrected chi connectivity index (χ2v) is 7.99. The van der Waals surface area contributed by atoms with Crippen molar-refractivity contribution < 1.29 is 14.7 Å². The maximum Gasteiger partial charge on any atom is 0.322 e. The van der Waals surface area contributed by atoms with Gasteiger partial charge in [-0.2, -0.15) is 0 Å². The zero-order valence-corrected chi connectivity index (χ0v) is 15.3. The minimum Gasteiger partial charge on any atom is -0.392 e. The van der Waals surface area contributed by atoms with Gasteiger partial charge >= 0.3 is 6.03 Å². The van der Waals surface area contributed by atoms with Crippen LogP contribution in [0.5, 0.6) is 0 Å². The smallest absolute Gasteiger partial charge is 0.322 e. The summed E-state index contributed by atoms with van der Waals surface area (Å²) in [6.45, 7) is 4.58. The van der Waals surface area contributed by atoms with Crippen molar-refractivity contribution in [2.75, 3.05) is 31.1 Å². The van der Waals surface area contributed by atoms with E-state index in [1.807, 2.05) is 30.0 Å². The average molecular weight is 357 g/mol. The number of likely N-dealkylation sites (tertiary alicyclic amines) is 1. The molecular weight excluding hydrogens is 330 g/mol. The summed E-state index contributed by atoms with van der Waals surface area (Å²) < 4.78 is 0. The summed E-state index contributed by atoms with van der Waals surface area (Å²) in [5.41, 5.74) is 2.30.